The lowest BCUT2D eigenvalue weighted by Gasteiger charge is -2.08. The molecule has 4 unspecified atom stereocenters. The number of ether oxygens (including phenoxy) is 4. The number of hydrogen-bond donors (Lipinski definition) is 0. The molecule has 4 atom stereocenters. The van der Waals surface area contributed by atoms with Crippen LogP contribution in [0.2, 0.25) is 0 Å². The maximum Gasteiger partial charge on any atom is 0.123 e. The molecule has 2 fully saturated rings. The van der Waals surface area contributed by atoms with Crippen LogP contribution in [0.15, 0.2) is 24.3 Å². The summed E-state index contributed by atoms with van der Waals surface area (Å²) >= 11 is 0. The normalized spacial score (nSPS) is 33.0. The number of hydrogen-bond acceptors (Lipinski definition) is 4. The minimum Gasteiger partial charge on any atom is -0.491 e. The fourth-order valence-electron chi connectivity index (χ4n) is 1.82. The standard InChI is InChI=1S/C14H18O4/c1-9-13(17-9)7-15-11-4-3-5-12(6-11)16-8-14-10(2)18-14/h3-6,9-10,13-14H,7-8H2,1-2H3. The van der Waals surface area contributed by atoms with Crippen LogP contribution in [0, 0.1) is 0 Å². The summed E-state index contributed by atoms with van der Waals surface area (Å²) in [6.07, 6.45) is 1.15. The van der Waals surface area contributed by atoms with Crippen LogP contribution >= 0.6 is 0 Å². The topological polar surface area (TPSA) is 43.5 Å². The summed E-state index contributed by atoms with van der Waals surface area (Å²) in [7, 11) is 0. The van der Waals surface area contributed by atoms with E-state index >= 15 is 0 Å². The van der Waals surface area contributed by atoms with Crippen LogP contribution in [-0.4, -0.2) is 37.6 Å². The van der Waals surface area contributed by atoms with Gasteiger partial charge in [-0.15, -0.1) is 0 Å². The smallest absolute Gasteiger partial charge is 0.123 e. The van der Waals surface area contributed by atoms with Crippen LogP contribution in [0.5, 0.6) is 11.5 Å². The molecule has 3 rings (SSSR count). The van der Waals surface area contributed by atoms with E-state index in [0.717, 1.165) is 11.5 Å². The van der Waals surface area contributed by atoms with Crippen molar-refractivity contribution in [3.8, 4) is 11.5 Å². The summed E-state index contributed by atoms with van der Waals surface area (Å²) in [5.74, 6) is 1.64. The Morgan fingerprint density at radius 3 is 1.78 bits per heavy atom. The van der Waals surface area contributed by atoms with Crippen LogP contribution in [0.1, 0.15) is 13.8 Å². The zero-order valence-corrected chi connectivity index (χ0v) is 10.7. The van der Waals surface area contributed by atoms with Gasteiger partial charge in [-0.05, 0) is 26.0 Å². The molecule has 2 aliphatic rings. The van der Waals surface area contributed by atoms with Crippen LogP contribution < -0.4 is 9.47 Å². The van der Waals surface area contributed by atoms with Gasteiger partial charge in [0.25, 0.3) is 0 Å². The SMILES string of the molecule is CC1OC1COc1cccc(OCC2OC2C)c1. The van der Waals surface area contributed by atoms with Crippen LogP contribution in [0.3, 0.4) is 0 Å². The molecule has 0 aromatic heterocycles. The Bertz CT molecular complexity index is 385. The highest BCUT2D eigenvalue weighted by molar-refractivity contribution is 5.33. The summed E-state index contributed by atoms with van der Waals surface area (Å²) in [6.45, 7) is 5.30. The molecule has 1 aromatic rings. The van der Waals surface area contributed by atoms with Gasteiger partial charge >= 0.3 is 0 Å². The Kier molecular flexibility index (Phi) is 3.14. The van der Waals surface area contributed by atoms with E-state index in [4.69, 9.17) is 18.9 Å². The lowest BCUT2D eigenvalue weighted by Crippen LogP contribution is -2.08. The van der Waals surface area contributed by atoms with Gasteiger partial charge in [-0.2, -0.15) is 0 Å². The van der Waals surface area contributed by atoms with Crippen molar-refractivity contribution in [2.75, 3.05) is 13.2 Å². The van der Waals surface area contributed by atoms with Gasteiger partial charge in [-0.25, -0.2) is 0 Å². The van der Waals surface area contributed by atoms with Gasteiger partial charge in [0.1, 0.15) is 36.9 Å². The van der Waals surface area contributed by atoms with Crippen LogP contribution in [0.25, 0.3) is 0 Å². The van der Waals surface area contributed by atoms with Crippen molar-refractivity contribution < 1.29 is 18.9 Å². The zero-order valence-electron chi connectivity index (χ0n) is 10.7. The van der Waals surface area contributed by atoms with Crippen molar-refractivity contribution in [3.63, 3.8) is 0 Å². The molecule has 1 aromatic carbocycles. The lowest BCUT2D eigenvalue weighted by atomic mass is 10.3. The van der Waals surface area contributed by atoms with Crippen molar-refractivity contribution >= 4 is 0 Å². The van der Waals surface area contributed by atoms with Crippen molar-refractivity contribution in [1.82, 2.24) is 0 Å². The number of epoxide rings is 2. The second-order valence-corrected chi connectivity index (χ2v) is 4.86. The molecule has 98 valence electrons. The molecule has 2 heterocycles. The highest BCUT2D eigenvalue weighted by Gasteiger charge is 2.35. The van der Waals surface area contributed by atoms with Gasteiger partial charge in [0, 0.05) is 6.07 Å². The average molecular weight is 250 g/mol. The van der Waals surface area contributed by atoms with Crippen molar-refractivity contribution in [1.29, 1.82) is 0 Å². The van der Waals surface area contributed by atoms with Gasteiger partial charge in [-0.3, -0.25) is 0 Å². The summed E-state index contributed by atoms with van der Waals surface area (Å²) in [6, 6.07) is 7.69. The van der Waals surface area contributed by atoms with Crippen molar-refractivity contribution in [2.45, 2.75) is 38.3 Å². The van der Waals surface area contributed by atoms with Crippen LogP contribution in [0.4, 0.5) is 0 Å². The summed E-state index contributed by atoms with van der Waals surface area (Å²) in [5.41, 5.74) is 0. The van der Waals surface area contributed by atoms with E-state index in [2.05, 4.69) is 0 Å². The molecule has 2 aliphatic heterocycles. The Hall–Kier alpha value is -1.26. The maximum atomic E-state index is 5.65. The average Bonchev–Trinajstić information content (AvgIpc) is 3.25. The molecule has 0 saturated carbocycles. The third kappa shape index (κ3) is 2.94. The maximum absolute atomic E-state index is 5.65. The first kappa shape index (κ1) is 11.8. The molecule has 2 saturated heterocycles. The molecule has 0 radical (unpaired) electrons. The molecule has 4 heteroatoms. The third-order valence-corrected chi connectivity index (χ3v) is 3.31. The van der Waals surface area contributed by atoms with Gasteiger partial charge < -0.3 is 18.9 Å². The molecule has 0 bridgehead atoms. The second-order valence-electron chi connectivity index (χ2n) is 4.86. The predicted octanol–water partition coefficient (Wildman–Crippen LogP) is 2.02. The van der Waals surface area contributed by atoms with E-state index in [1.807, 2.05) is 38.1 Å². The fourth-order valence-corrected chi connectivity index (χ4v) is 1.82. The molecule has 0 aliphatic carbocycles. The highest BCUT2D eigenvalue weighted by atomic mass is 16.6. The van der Waals surface area contributed by atoms with Gasteiger partial charge in [0.2, 0.25) is 0 Å². The van der Waals surface area contributed by atoms with E-state index in [1.165, 1.54) is 0 Å². The largest absolute Gasteiger partial charge is 0.491 e. The van der Waals surface area contributed by atoms with Crippen molar-refractivity contribution in [3.05, 3.63) is 24.3 Å². The summed E-state index contributed by atoms with van der Waals surface area (Å²) in [4.78, 5) is 0. The first-order chi connectivity index (χ1) is 8.72. The van der Waals surface area contributed by atoms with E-state index in [-0.39, 0.29) is 12.2 Å². The molecule has 18 heavy (non-hydrogen) atoms. The minimum absolute atomic E-state index is 0.246. The Morgan fingerprint density at radius 1 is 0.944 bits per heavy atom. The molecule has 0 amide bonds. The van der Waals surface area contributed by atoms with Gasteiger partial charge in [0.15, 0.2) is 0 Å². The lowest BCUT2D eigenvalue weighted by molar-refractivity contribution is 0.250. The second kappa shape index (κ2) is 4.78. The minimum atomic E-state index is 0.246. The van der Waals surface area contributed by atoms with Crippen molar-refractivity contribution in [2.24, 2.45) is 0 Å². The first-order valence-corrected chi connectivity index (χ1v) is 6.39. The molecule has 4 nitrogen and oxygen atoms in total. The predicted molar refractivity (Wildman–Crippen MR) is 66.1 cm³/mol. The zero-order chi connectivity index (χ0) is 12.5. The molecular formula is C14H18O4. The summed E-state index contributed by atoms with van der Waals surface area (Å²) in [5, 5.41) is 0. The fraction of sp³-hybridized carbons (Fsp3) is 0.571. The van der Waals surface area contributed by atoms with E-state index in [9.17, 15) is 0 Å². The van der Waals surface area contributed by atoms with E-state index in [1.54, 1.807) is 0 Å². The van der Waals surface area contributed by atoms with E-state index < -0.39 is 0 Å². The Balaban J connectivity index is 1.48. The van der Waals surface area contributed by atoms with Gasteiger partial charge in [-0.1, -0.05) is 6.07 Å². The number of benzene rings is 1. The Morgan fingerprint density at radius 2 is 1.39 bits per heavy atom. The Labute approximate surface area is 107 Å². The number of rotatable bonds is 6. The van der Waals surface area contributed by atoms with Gasteiger partial charge in [0.05, 0.1) is 12.2 Å². The highest BCUT2D eigenvalue weighted by Crippen LogP contribution is 2.26. The quantitative estimate of drug-likeness (QED) is 0.724. The molecule has 0 N–H and O–H groups in total. The third-order valence-electron chi connectivity index (χ3n) is 3.31. The monoisotopic (exact) mass is 250 g/mol. The molecule has 0 spiro atoms. The van der Waals surface area contributed by atoms with Crippen LogP contribution in [-0.2, 0) is 9.47 Å². The first-order valence-electron chi connectivity index (χ1n) is 6.39. The molecular weight excluding hydrogens is 232 g/mol. The summed E-state index contributed by atoms with van der Waals surface area (Å²) < 4.78 is 21.9. The van der Waals surface area contributed by atoms with E-state index in [0.29, 0.717) is 25.4 Å².